The predicted octanol–water partition coefficient (Wildman–Crippen LogP) is 5.18. The quantitative estimate of drug-likeness (QED) is 0.393. The summed E-state index contributed by atoms with van der Waals surface area (Å²) in [6.07, 6.45) is 13.1. The van der Waals surface area contributed by atoms with Gasteiger partial charge in [-0.25, -0.2) is 0 Å². The molecule has 160 valence electrons. The summed E-state index contributed by atoms with van der Waals surface area (Å²) in [6, 6.07) is 2.77. The van der Waals surface area contributed by atoms with Crippen LogP contribution in [0.25, 0.3) is 0 Å². The molecule has 0 aromatic carbocycles. The van der Waals surface area contributed by atoms with Gasteiger partial charge in [-0.3, -0.25) is 0 Å². The van der Waals surface area contributed by atoms with Crippen molar-refractivity contribution in [3.63, 3.8) is 0 Å². The van der Waals surface area contributed by atoms with Gasteiger partial charge in [-0.1, -0.05) is 6.42 Å². The fourth-order valence-electron chi connectivity index (χ4n) is 10.4. The summed E-state index contributed by atoms with van der Waals surface area (Å²) in [6.45, 7) is 10.1. The maximum absolute atomic E-state index is 7.08. The molecule has 6 aliphatic carbocycles. The van der Waals surface area contributed by atoms with E-state index < -0.39 is 16.6 Å². The molecule has 10 atom stereocenters. The van der Waals surface area contributed by atoms with Gasteiger partial charge >= 0.3 is 0 Å². The summed E-state index contributed by atoms with van der Waals surface area (Å²) in [4.78, 5) is 0. The van der Waals surface area contributed by atoms with Crippen LogP contribution in [0.2, 0.25) is 38.3 Å². The summed E-state index contributed by atoms with van der Waals surface area (Å²) in [7, 11) is -3.11. The molecule has 2 spiro atoms. The lowest BCUT2D eigenvalue weighted by Crippen LogP contribution is -2.44. The highest BCUT2D eigenvalue weighted by Crippen LogP contribution is 3.14. The van der Waals surface area contributed by atoms with Crippen LogP contribution in [0.1, 0.15) is 44.9 Å². The van der Waals surface area contributed by atoms with E-state index in [2.05, 4.69) is 26.2 Å². The number of hydrogen-bond donors (Lipinski definition) is 0. The van der Waals surface area contributed by atoms with Crippen molar-refractivity contribution in [2.75, 3.05) is 0 Å². The molecule has 8 rings (SSSR count). The smallest absolute Gasteiger partial charge is 0.173 e. The van der Waals surface area contributed by atoms with Crippen molar-refractivity contribution in [2.45, 2.75) is 108 Å². The molecule has 8 fully saturated rings. The number of rotatable bonds is 8. The minimum Gasteiger partial charge on any atom is -0.455 e. The van der Waals surface area contributed by atoms with Gasteiger partial charge in [-0.2, -0.15) is 0 Å². The van der Waals surface area contributed by atoms with Gasteiger partial charge in [0.1, 0.15) is 0 Å². The molecule has 0 radical (unpaired) electrons. The number of epoxide rings is 2. The van der Waals surface area contributed by atoms with Crippen LogP contribution in [0.4, 0.5) is 0 Å². The zero-order chi connectivity index (χ0) is 19.6. The van der Waals surface area contributed by atoms with Crippen molar-refractivity contribution >= 4 is 16.6 Å². The van der Waals surface area contributed by atoms with Crippen molar-refractivity contribution in [2.24, 2.45) is 39.9 Å². The van der Waals surface area contributed by atoms with E-state index in [0.717, 1.165) is 34.5 Å². The summed E-state index contributed by atoms with van der Waals surface area (Å²) in [5.41, 5.74) is 2.26. The van der Waals surface area contributed by atoms with Crippen LogP contribution >= 0.6 is 0 Å². The van der Waals surface area contributed by atoms with E-state index in [4.69, 9.17) is 13.6 Å². The summed E-state index contributed by atoms with van der Waals surface area (Å²) < 4.78 is 19.0. The van der Waals surface area contributed by atoms with Crippen LogP contribution in [0.15, 0.2) is 0 Å². The van der Waals surface area contributed by atoms with Crippen molar-refractivity contribution in [3.8, 4) is 0 Å². The Hall–Kier alpha value is 0.314. The lowest BCUT2D eigenvalue weighted by molar-refractivity contribution is 0.131. The average Bonchev–Trinajstić information content (AvgIpc) is 3.46. The predicted molar refractivity (Wildman–Crippen MR) is 117 cm³/mol. The largest absolute Gasteiger partial charge is 0.455 e. The maximum atomic E-state index is 7.08. The van der Waals surface area contributed by atoms with E-state index in [1.54, 1.807) is 0 Å². The van der Waals surface area contributed by atoms with Crippen LogP contribution in [0.3, 0.4) is 0 Å². The molecule has 0 aromatic rings. The van der Waals surface area contributed by atoms with Crippen LogP contribution in [0.5, 0.6) is 0 Å². The molecule has 5 heteroatoms. The first-order valence-corrected chi connectivity index (χ1v) is 19.0. The molecule has 2 aliphatic heterocycles. The Morgan fingerprint density at radius 3 is 2.28 bits per heavy atom. The Labute approximate surface area is 177 Å². The van der Waals surface area contributed by atoms with Gasteiger partial charge in [-0.05, 0) is 111 Å². The highest BCUT2D eigenvalue weighted by Gasteiger charge is 3.14. The molecular weight excluding hydrogens is 392 g/mol. The molecule has 0 amide bonds. The molecular formula is C24H38O3Si2. The summed E-state index contributed by atoms with van der Waals surface area (Å²) >= 11 is 0. The molecule has 0 N–H and O–H groups in total. The van der Waals surface area contributed by atoms with E-state index in [9.17, 15) is 0 Å². The van der Waals surface area contributed by atoms with Crippen LogP contribution in [-0.2, 0) is 13.6 Å². The Morgan fingerprint density at radius 1 is 0.862 bits per heavy atom. The molecule has 2 bridgehead atoms. The van der Waals surface area contributed by atoms with E-state index in [1.165, 1.54) is 57.0 Å². The lowest BCUT2D eigenvalue weighted by Gasteiger charge is -2.36. The third kappa shape index (κ3) is 1.99. The van der Waals surface area contributed by atoms with Gasteiger partial charge in [0.2, 0.25) is 0 Å². The van der Waals surface area contributed by atoms with Gasteiger partial charge in [0.15, 0.2) is 16.6 Å². The standard InChI is InChI=1S/C24H38O3Si2/c1-28(2,7-5-14-9-15-11-16(10-14)19-18(15)25-19)27-29(3,4)8-6-22-13-24(22)21-20(26-21)17-12-23(17,22)24/h14-21H,5-13H2,1-4H3. The zero-order valence-electron chi connectivity index (χ0n) is 18.7. The van der Waals surface area contributed by atoms with Crippen molar-refractivity contribution in [1.82, 2.24) is 0 Å². The molecule has 10 unspecified atom stereocenters. The second-order valence-electron chi connectivity index (χ2n) is 13.9. The first kappa shape index (κ1) is 17.8. The number of hydrogen-bond acceptors (Lipinski definition) is 3. The molecule has 2 heterocycles. The second kappa shape index (κ2) is 4.80. The van der Waals surface area contributed by atoms with E-state index in [0.29, 0.717) is 29.8 Å². The zero-order valence-corrected chi connectivity index (χ0v) is 20.7. The van der Waals surface area contributed by atoms with Crippen LogP contribution < -0.4 is 0 Å². The first-order chi connectivity index (χ1) is 13.7. The first-order valence-electron chi connectivity index (χ1n) is 12.7. The lowest BCUT2D eigenvalue weighted by atomic mass is 9.79. The highest BCUT2D eigenvalue weighted by molar-refractivity contribution is 6.84. The average molecular weight is 431 g/mol. The normalized spacial score (nSPS) is 61.2. The van der Waals surface area contributed by atoms with Crippen molar-refractivity contribution in [3.05, 3.63) is 0 Å². The van der Waals surface area contributed by atoms with Gasteiger partial charge in [0.05, 0.1) is 24.4 Å². The van der Waals surface area contributed by atoms with Crippen LogP contribution in [0, 0.1) is 39.9 Å². The maximum Gasteiger partial charge on any atom is 0.173 e. The van der Waals surface area contributed by atoms with E-state index in [-0.39, 0.29) is 0 Å². The van der Waals surface area contributed by atoms with Gasteiger partial charge in [0.25, 0.3) is 0 Å². The Kier molecular flexibility index (Phi) is 2.95. The minimum absolute atomic E-state index is 0.673. The number of ether oxygens (including phenoxy) is 2. The molecule has 29 heavy (non-hydrogen) atoms. The van der Waals surface area contributed by atoms with Crippen molar-refractivity contribution < 1.29 is 13.6 Å². The molecule has 2 saturated heterocycles. The van der Waals surface area contributed by atoms with Gasteiger partial charge in [0, 0.05) is 5.41 Å². The second-order valence-corrected chi connectivity index (χ2v) is 22.7. The number of fused-ring (bicyclic) bond motifs is 7. The Bertz CT molecular complexity index is 796. The van der Waals surface area contributed by atoms with Crippen molar-refractivity contribution in [1.29, 1.82) is 0 Å². The van der Waals surface area contributed by atoms with Gasteiger partial charge < -0.3 is 13.6 Å². The fourth-order valence-corrected chi connectivity index (χ4v) is 19.3. The molecule has 3 nitrogen and oxygen atoms in total. The molecule has 8 aliphatic rings. The fraction of sp³-hybridized carbons (Fsp3) is 1.00. The highest BCUT2D eigenvalue weighted by atomic mass is 28.4. The van der Waals surface area contributed by atoms with Crippen LogP contribution in [-0.4, -0.2) is 41.1 Å². The van der Waals surface area contributed by atoms with E-state index >= 15 is 0 Å². The Morgan fingerprint density at radius 2 is 1.59 bits per heavy atom. The third-order valence-electron chi connectivity index (χ3n) is 11.5. The Balaban J connectivity index is 0.863. The summed E-state index contributed by atoms with van der Waals surface area (Å²) in [5.74, 6) is 3.76. The molecule has 6 saturated carbocycles. The minimum atomic E-state index is -1.56. The molecule has 0 aromatic heterocycles. The topological polar surface area (TPSA) is 34.3 Å². The van der Waals surface area contributed by atoms with Gasteiger partial charge in [-0.15, -0.1) is 0 Å². The SMILES string of the molecule is C[Si](C)(CCC1CC2CC(C1)C1OC21)O[Si](C)(C)CCC12CC13C1OC1C1CC123. The monoisotopic (exact) mass is 430 g/mol. The third-order valence-corrected chi connectivity index (χ3v) is 18.9. The summed E-state index contributed by atoms with van der Waals surface area (Å²) in [5, 5.41) is 0. The van der Waals surface area contributed by atoms with E-state index in [1.807, 2.05) is 0 Å².